The molecule has 3 aromatic heterocycles. The maximum absolute atomic E-state index is 12.9. The number of benzene rings is 1. The molecule has 2 N–H and O–H groups in total. The molecule has 32 heavy (non-hydrogen) atoms. The van der Waals surface area contributed by atoms with Gasteiger partial charge in [0.2, 0.25) is 0 Å². The number of aromatic nitrogens is 5. The van der Waals surface area contributed by atoms with Gasteiger partial charge in [0, 0.05) is 25.6 Å². The lowest BCUT2D eigenvalue weighted by molar-refractivity contribution is 0.0696. The zero-order chi connectivity index (χ0) is 22.8. The molecule has 4 rings (SSSR count). The lowest BCUT2D eigenvalue weighted by atomic mass is 10.0. The van der Waals surface area contributed by atoms with Crippen LogP contribution in [0, 0.1) is 0 Å². The van der Waals surface area contributed by atoms with E-state index in [0.29, 0.717) is 48.8 Å². The van der Waals surface area contributed by atoms with Crippen molar-refractivity contribution in [2.24, 2.45) is 0 Å². The summed E-state index contributed by atoms with van der Waals surface area (Å²) in [6.45, 7) is 4.60. The van der Waals surface area contributed by atoms with Gasteiger partial charge in [-0.3, -0.25) is 13.9 Å². The predicted molar refractivity (Wildman–Crippen MR) is 117 cm³/mol. The van der Waals surface area contributed by atoms with Gasteiger partial charge in [-0.25, -0.2) is 14.6 Å². The number of carboxylic acids is 1. The van der Waals surface area contributed by atoms with Crippen LogP contribution in [0.25, 0.3) is 22.7 Å². The summed E-state index contributed by atoms with van der Waals surface area (Å²) in [6.07, 6.45) is 1.59. The summed E-state index contributed by atoms with van der Waals surface area (Å²) >= 11 is 0. The summed E-state index contributed by atoms with van der Waals surface area (Å²) in [5.41, 5.74) is 0.862. The van der Waals surface area contributed by atoms with Crippen molar-refractivity contribution in [3.05, 3.63) is 68.1 Å². The molecule has 0 aliphatic heterocycles. The van der Waals surface area contributed by atoms with Crippen molar-refractivity contribution in [2.75, 3.05) is 0 Å². The quantitative estimate of drug-likeness (QED) is 0.432. The van der Waals surface area contributed by atoms with Gasteiger partial charge in [0.05, 0.1) is 5.56 Å². The fourth-order valence-corrected chi connectivity index (χ4v) is 3.71. The minimum Gasteiger partial charge on any atom is -0.478 e. The number of rotatable bonds is 8. The SMILES string of the molecule is CCCn1c(=O)c2[nH]c(-c3cc(Cc4ccccc4C(=O)O)on3)nc2n(CCC)c1=O. The highest BCUT2D eigenvalue weighted by molar-refractivity contribution is 5.89. The predicted octanol–water partition coefficient (Wildman–Crippen LogP) is 2.65. The Morgan fingerprint density at radius 1 is 1.12 bits per heavy atom. The number of hydrogen-bond acceptors (Lipinski definition) is 6. The highest BCUT2D eigenvalue weighted by Crippen LogP contribution is 2.21. The zero-order valence-electron chi connectivity index (χ0n) is 17.8. The number of nitrogens with zero attached hydrogens (tertiary/aromatic N) is 4. The van der Waals surface area contributed by atoms with Gasteiger partial charge < -0.3 is 14.6 Å². The fraction of sp³-hybridized carbons (Fsp3) is 0.318. The summed E-state index contributed by atoms with van der Waals surface area (Å²) in [5.74, 6) is -0.268. The van der Waals surface area contributed by atoms with Gasteiger partial charge in [-0.05, 0) is 24.5 Å². The van der Waals surface area contributed by atoms with Crippen LogP contribution < -0.4 is 11.2 Å². The normalized spacial score (nSPS) is 11.3. The van der Waals surface area contributed by atoms with Crippen molar-refractivity contribution >= 4 is 17.1 Å². The van der Waals surface area contributed by atoms with E-state index < -0.39 is 11.5 Å². The molecule has 10 heteroatoms. The first-order valence-electron chi connectivity index (χ1n) is 10.4. The Kier molecular flexibility index (Phi) is 5.76. The molecule has 3 heterocycles. The number of aromatic carboxylic acids is 1. The number of hydrogen-bond donors (Lipinski definition) is 2. The van der Waals surface area contributed by atoms with Gasteiger partial charge in [0.1, 0.15) is 17.0 Å². The number of imidazole rings is 1. The van der Waals surface area contributed by atoms with Crippen LogP contribution in [0.3, 0.4) is 0 Å². The largest absolute Gasteiger partial charge is 0.478 e. The Hall–Kier alpha value is -3.95. The van der Waals surface area contributed by atoms with Crippen LogP contribution in [0.2, 0.25) is 0 Å². The second-order valence-electron chi connectivity index (χ2n) is 7.49. The van der Waals surface area contributed by atoms with Gasteiger partial charge in [-0.15, -0.1) is 0 Å². The Labute approximate surface area is 182 Å². The topological polar surface area (TPSA) is 136 Å². The van der Waals surface area contributed by atoms with Gasteiger partial charge in [-0.1, -0.05) is 37.2 Å². The summed E-state index contributed by atoms with van der Waals surface area (Å²) in [5, 5.41) is 13.4. The lowest BCUT2D eigenvalue weighted by Crippen LogP contribution is -2.40. The molecule has 0 aliphatic carbocycles. The highest BCUT2D eigenvalue weighted by atomic mass is 16.5. The number of aromatic amines is 1. The third-order valence-electron chi connectivity index (χ3n) is 5.17. The van der Waals surface area contributed by atoms with E-state index in [-0.39, 0.29) is 28.8 Å². The van der Waals surface area contributed by atoms with Crippen molar-refractivity contribution in [2.45, 2.75) is 46.2 Å². The van der Waals surface area contributed by atoms with Gasteiger partial charge >= 0.3 is 11.7 Å². The molecular weight excluding hydrogens is 414 g/mol. The summed E-state index contributed by atoms with van der Waals surface area (Å²) in [4.78, 5) is 44.6. The molecule has 10 nitrogen and oxygen atoms in total. The maximum Gasteiger partial charge on any atom is 0.335 e. The van der Waals surface area contributed by atoms with Crippen LogP contribution in [0.15, 0.2) is 44.4 Å². The van der Waals surface area contributed by atoms with E-state index >= 15 is 0 Å². The molecule has 4 aromatic rings. The highest BCUT2D eigenvalue weighted by Gasteiger charge is 2.19. The van der Waals surface area contributed by atoms with E-state index in [1.807, 2.05) is 13.8 Å². The van der Waals surface area contributed by atoms with E-state index in [2.05, 4.69) is 15.1 Å². The number of aryl methyl sites for hydroxylation is 1. The Bertz CT molecular complexity index is 1410. The Morgan fingerprint density at radius 3 is 2.56 bits per heavy atom. The molecule has 0 aliphatic rings. The summed E-state index contributed by atoms with van der Waals surface area (Å²) in [7, 11) is 0. The molecular formula is C22H23N5O5. The number of carbonyl (C=O) groups is 1. The monoisotopic (exact) mass is 437 g/mol. The minimum atomic E-state index is -1.02. The third kappa shape index (κ3) is 3.75. The molecule has 0 spiro atoms. The minimum absolute atomic E-state index is 0.189. The first-order valence-corrected chi connectivity index (χ1v) is 10.4. The molecule has 0 fully saturated rings. The van der Waals surface area contributed by atoms with Crippen LogP contribution >= 0.6 is 0 Å². The second kappa shape index (κ2) is 8.66. The average molecular weight is 437 g/mol. The van der Waals surface area contributed by atoms with Crippen molar-refractivity contribution in [1.29, 1.82) is 0 Å². The average Bonchev–Trinajstić information content (AvgIpc) is 3.42. The molecule has 0 bridgehead atoms. The Balaban J connectivity index is 1.76. The van der Waals surface area contributed by atoms with E-state index in [9.17, 15) is 19.5 Å². The molecule has 0 saturated carbocycles. The second-order valence-corrected chi connectivity index (χ2v) is 7.49. The summed E-state index contributed by atoms with van der Waals surface area (Å²) in [6, 6.07) is 8.30. The van der Waals surface area contributed by atoms with E-state index in [0.717, 1.165) is 0 Å². The first-order chi connectivity index (χ1) is 15.4. The molecule has 0 unspecified atom stereocenters. The number of nitrogens with one attached hydrogen (secondary N) is 1. The van der Waals surface area contributed by atoms with Crippen LogP contribution in [0.5, 0.6) is 0 Å². The smallest absolute Gasteiger partial charge is 0.335 e. The van der Waals surface area contributed by atoms with Gasteiger partial charge in [0.25, 0.3) is 5.56 Å². The fourth-order valence-electron chi connectivity index (χ4n) is 3.71. The van der Waals surface area contributed by atoms with Crippen molar-refractivity contribution < 1.29 is 14.4 Å². The van der Waals surface area contributed by atoms with E-state index in [1.54, 1.807) is 24.3 Å². The van der Waals surface area contributed by atoms with Crippen LogP contribution in [0.4, 0.5) is 0 Å². The zero-order valence-corrected chi connectivity index (χ0v) is 17.8. The molecule has 0 saturated heterocycles. The van der Waals surface area contributed by atoms with Crippen LogP contribution in [0.1, 0.15) is 48.4 Å². The van der Waals surface area contributed by atoms with Crippen LogP contribution in [-0.4, -0.2) is 35.3 Å². The molecule has 0 amide bonds. The molecule has 1 aromatic carbocycles. The van der Waals surface area contributed by atoms with Crippen molar-refractivity contribution in [3.8, 4) is 11.5 Å². The lowest BCUT2D eigenvalue weighted by Gasteiger charge is -2.09. The van der Waals surface area contributed by atoms with Gasteiger partial charge in [0.15, 0.2) is 11.5 Å². The first kappa shape index (κ1) is 21.3. The standard InChI is InChI=1S/C22H23N5O5/c1-3-9-26-19-17(20(28)27(10-4-2)22(26)31)23-18(24-19)16-12-14(32-25-16)11-13-7-5-6-8-15(13)21(29)30/h5-8,12H,3-4,9-11H2,1-2H3,(H,23,24)(H,29,30). The number of fused-ring (bicyclic) bond motifs is 1. The third-order valence-corrected chi connectivity index (χ3v) is 5.17. The molecule has 0 radical (unpaired) electrons. The van der Waals surface area contributed by atoms with Crippen molar-refractivity contribution in [1.82, 2.24) is 24.3 Å². The van der Waals surface area contributed by atoms with E-state index in [4.69, 9.17) is 4.52 Å². The molecule has 0 atom stereocenters. The van der Waals surface area contributed by atoms with Crippen LogP contribution in [-0.2, 0) is 19.5 Å². The summed E-state index contributed by atoms with van der Waals surface area (Å²) < 4.78 is 8.11. The maximum atomic E-state index is 12.9. The molecule has 166 valence electrons. The van der Waals surface area contributed by atoms with Crippen molar-refractivity contribution in [3.63, 3.8) is 0 Å². The number of carboxylic acid groups (broad SMARTS) is 1. The van der Waals surface area contributed by atoms with E-state index in [1.165, 1.54) is 15.2 Å². The number of H-pyrrole nitrogens is 1. The Morgan fingerprint density at radius 2 is 1.84 bits per heavy atom. The van der Waals surface area contributed by atoms with Gasteiger partial charge in [-0.2, -0.15) is 0 Å².